The summed E-state index contributed by atoms with van der Waals surface area (Å²) in [4.78, 5) is 25.3. The Morgan fingerprint density at radius 3 is 1.43 bits per heavy atom. The van der Waals surface area contributed by atoms with Gasteiger partial charge in [-0.3, -0.25) is 9.59 Å². The van der Waals surface area contributed by atoms with Crippen molar-refractivity contribution in [2.24, 2.45) is 11.8 Å². The lowest BCUT2D eigenvalue weighted by Gasteiger charge is -2.24. The Labute approximate surface area is 319 Å². The fourth-order valence-electron chi connectivity index (χ4n) is 6.54. The number of hydrogen-bond acceptors (Lipinski definition) is 8. The van der Waals surface area contributed by atoms with E-state index in [1.54, 1.807) is 0 Å². The zero-order chi connectivity index (χ0) is 38.4. The maximum Gasteiger partial charge on any atom is 0.306 e. The highest BCUT2D eigenvalue weighted by atomic mass is 16.6. The molecule has 3 aromatic carbocycles. The summed E-state index contributed by atoms with van der Waals surface area (Å²) in [7, 11) is 0. The molecule has 3 aromatic rings. The SMILES string of the molecule is CCCCC(CC)COCC(COc1c2ccccc2c(OCC(COCC(CC)CCCC)OC(=O)CCC)c2cc(C)ccc12)OC(=O)CCC. The fourth-order valence-corrected chi connectivity index (χ4v) is 6.54. The summed E-state index contributed by atoms with van der Waals surface area (Å²) in [6, 6.07) is 14.2. The number of aryl methyl sites for hydroxylation is 1. The van der Waals surface area contributed by atoms with Gasteiger partial charge in [0.15, 0.2) is 12.2 Å². The smallest absolute Gasteiger partial charge is 0.306 e. The third-order valence-electron chi connectivity index (χ3n) is 9.81. The molecule has 4 unspecified atom stereocenters. The van der Waals surface area contributed by atoms with Crippen LogP contribution in [0.15, 0.2) is 42.5 Å². The van der Waals surface area contributed by atoms with Crippen molar-refractivity contribution in [3.63, 3.8) is 0 Å². The molecule has 0 heterocycles. The summed E-state index contributed by atoms with van der Waals surface area (Å²) in [6.07, 6.45) is 10.0. The molecule has 3 rings (SSSR count). The Balaban J connectivity index is 1.89. The molecule has 296 valence electrons. The van der Waals surface area contributed by atoms with Crippen LogP contribution in [-0.2, 0) is 28.5 Å². The zero-order valence-corrected chi connectivity index (χ0v) is 33.8. The van der Waals surface area contributed by atoms with E-state index in [1.807, 2.05) is 38.1 Å². The molecule has 8 heteroatoms. The summed E-state index contributed by atoms with van der Waals surface area (Å²) in [5, 5.41) is 3.53. The van der Waals surface area contributed by atoms with Gasteiger partial charge in [-0.15, -0.1) is 0 Å². The van der Waals surface area contributed by atoms with E-state index in [0.717, 1.165) is 65.6 Å². The summed E-state index contributed by atoms with van der Waals surface area (Å²) in [5.41, 5.74) is 1.07. The van der Waals surface area contributed by atoms with E-state index in [1.165, 1.54) is 12.8 Å². The number of esters is 2. The van der Waals surface area contributed by atoms with Crippen molar-refractivity contribution in [1.82, 2.24) is 0 Å². The number of carbonyl (C=O) groups is 2. The van der Waals surface area contributed by atoms with Crippen molar-refractivity contribution in [1.29, 1.82) is 0 Å². The number of hydrogen-bond donors (Lipinski definition) is 0. The minimum Gasteiger partial charge on any atom is -0.488 e. The molecule has 53 heavy (non-hydrogen) atoms. The molecule has 0 saturated heterocycles. The molecule has 0 aromatic heterocycles. The first-order chi connectivity index (χ1) is 25.8. The van der Waals surface area contributed by atoms with Crippen molar-refractivity contribution in [3.8, 4) is 11.5 Å². The molecule has 0 aliphatic heterocycles. The lowest BCUT2D eigenvalue weighted by molar-refractivity contribution is -0.155. The van der Waals surface area contributed by atoms with Gasteiger partial charge in [-0.1, -0.05) is 122 Å². The molecule has 0 spiro atoms. The summed E-state index contributed by atoms with van der Waals surface area (Å²) in [6.45, 7) is 16.9. The third kappa shape index (κ3) is 14.8. The summed E-state index contributed by atoms with van der Waals surface area (Å²) >= 11 is 0. The molecule has 0 saturated carbocycles. The van der Waals surface area contributed by atoms with E-state index in [4.69, 9.17) is 28.4 Å². The van der Waals surface area contributed by atoms with E-state index in [-0.39, 0.29) is 38.4 Å². The van der Waals surface area contributed by atoms with Crippen LogP contribution in [0.25, 0.3) is 21.5 Å². The second-order valence-corrected chi connectivity index (χ2v) is 14.5. The van der Waals surface area contributed by atoms with Crippen molar-refractivity contribution in [3.05, 3.63) is 48.0 Å². The highest BCUT2D eigenvalue weighted by molar-refractivity contribution is 6.11. The molecule has 8 nitrogen and oxygen atoms in total. The predicted molar refractivity (Wildman–Crippen MR) is 215 cm³/mol. The van der Waals surface area contributed by atoms with Gasteiger partial charge in [0.1, 0.15) is 24.7 Å². The van der Waals surface area contributed by atoms with Gasteiger partial charge >= 0.3 is 11.9 Å². The van der Waals surface area contributed by atoms with Gasteiger partial charge in [0, 0.05) is 47.6 Å². The summed E-state index contributed by atoms with van der Waals surface area (Å²) < 4.78 is 37.4. The first-order valence-electron chi connectivity index (χ1n) is 20.5. The second-order valence-electron chi connectivity index (χ2n) is 14.5. The lowest BCUT2D eigenvalue weighted by Crippen LogP contribution is -2.31. The van der Waals surface area contributed by atoms with Gasteiger partial charge in [-0.05, 0) is 50.5 Å². The fraction of sp³-hybridized carbons (Fsp3) is 0.644. The van der Waals surface area contributed by atoms with Crippen LogP contribution in [0.1, 0.15) is 124 Å². The van der Waals surface area contributed by atoms with Gasteiger partial charge in [0.25, 0.3) is 0 Å². The van der Waals surface area contributed by atoms with E-state index in [2.05, 4.69) is 52.8 Å². The second kappa shape index (κ2) is 24.9. The minimum atomic E-state index is -0.555. The molecular weight excluding hydrogens is 668 g/mol. The molecule has 0 bridgehead atoms. The van der Waals surface area contributed by atoms with E-state index >= 15 is 0 Å². The quantitative estimate of drug-likeness (QED) is 0.0538. The number of ether oxygens (including phenoxy) is 6. The number of benzene rings is 3. The topological polar surface area (TPSA) is 89.5 Å². The van der Waals surface area contributed by atoms with Crippen LogP contribution in [0.5, 0.6) is 11.5 Å². The highest BCUT2D eigenvalue weighted by Gasteiger charge is 2.23. The molecular formula is C45H68O8. The van der Waals surface area contributed by atoms with Crippen molar-refractivity contribution >= 4 is 33.5 Å². The van der Waals surface area contributed by atoms with Crippen LogP contribution in [-0.4, -0.2) is 63.8 Å². The van der Waals surface area contributed by atoms with Gasteiger partial charge in [-0.25, -0.2) is 0 Å². The maximum atomic E-state index is 12.7. The third-order valence-corrected chi connectivity index (χ3v) is 9.81. The first kappa shape index (κ1) is 44.0. The van der Waals surface area contributed by atoms with Crippen LogP contribution >= 0.6 is 0 Å². The standard InChI is InChI=1S/C45H68O8/c1-8-14-20-34(12-5)27-48-29-36(52-42(46)18-10-3)31-50-44-38-22-16-17-23-39(38)45(41-26-33(7)24-25-40(41)44)51-32-37(53-43(47)19-11-4)30-49-28-35(13-6)21-15-9-2/h16-17,22-26,34-37H,8-15,18-21,27-32H2,1-7H3. The largest absolute Gasteiger partial charge is 0.488 e. The van der Waals surface area contributed by atoms with Crippen molar-refractivity contribution in [2.45, 2.75) is 138 Å². The molecule has 0 fully saturated rings. The van der Waals surface area contributed by atoms with Gasteiger partial charge in [-0.2, -0.15) is 0 Å². The Bertz CT molecular complexity index is 1500. The summed E-state index contributed by atoms with van der Waals surface area (Å²) in [5.74, 6) is 1.85. The van der Waals surface area contributed by atoms with Gasteiger partial charge < -0.3 is 28.4 Å². The van der Waals surface area contributed by atoms with Gasteiger partial charge in [0.05, 0.1) is 13.2 Å². The van der Waals surface area contributed by atoms with Crippen LogP contribution in [0, 0.1) is 18.8 Å². The van der Waals surface area contributed by atoms with E-state index in [0.29, 0.717) is 62.2 Å². The Morgan fingerprint density at radius 2 is 1.00 bits per heavy atom. The van der Waals surface area contributed by atoms with Crippen LogP contribution < -0.4 is 9.47 Å². The number of rotatable bonds is 28. The highest BCUT2D eigenvalue weighted by Crippen LogP contribution is 2.43. The Kier molecular flexibility index (Phi) is 20.7. The number of carbonyl (C=O) groups excluding carboxylic acids is 2. The maximum absolute atomic E-state index is 12.7. The number of unbranched alkanes of at least 4 members (excludes halogenated alkanes) is 2. The lowest BCUT2D eigenvalue weighted by atomic mass is 9.99. The number of fused-ring (bicyclic) bond motifs is 2. The van der Waals surface area contributed by atoms with Crippen molar-refractivity contribution in [2.75, 3.05) is 39.6 Å². The van der Waals surface area contributed by atoms with Gasteiger partial charge in [0.2, 0.25) is 0 Å². The Morgan fingerprint density at radius 1 is 0.547 bits per heavy atom. The molecule has 0 aliphatic carbocycles. The minimum absolute atomic E-state index is 0.151. The van der Waals surface area contributed by atoms with E-state index in [9.17, 15) is 9.59 Å². The molecule has 0 amide bonds. The van der Waals surface area contributed by atoms with Crippen LogP contribution in [0.3, 0.4) is 0 Å². The molecule has 0 N–H and O–H groups in total. The average molecular weight is 737 g/mol. The Hall–Kier alpha value is -3.36. The normalized spacial score (nSPS) is 13.8. The van der Waals surface area contributed by atoms with Crippen molar-refractivity contribution < 1.29 is 38.0 Å². The molecule has 4 atom stereocenters. The van der Waals surface area contributed by atoms with E-state index < -0.39 is 12.2 Å². The molecule has 0 aliphatic rings. The first-order valence-corrected chi connectivity index (χ1v) is 20.5. The monoisotopic (exact) mass is 736 g/mol. The van der Waals surface area contributed by atoms with Crippen LogP contribution in [0.2, 0.25) is 0 Å². The zero-order valence-electron chi connectivity index (χ0n) is 33.8. The average Bonchev–Trinajstić information content (AvgIpc) is 3.15. The van der Waals surface area contributed by atoms with Crippen LogP contribution in [0.4, 0.5) is 0 Å². The predicted octanol–water partition coefficient (Wildman–Crippen LogP) is 10.9. The molecule has 0 radical (unpaired) electrons.